The highest BCUT2D eigenvalue weighted by molar-refractivity contribution is 6.03. The Bertz CT molecular complexity index is 878. The summed E-state index contributed by atoms with van der Waals surface area (Å²) in [6.45, 7) is 8.59. The number of hydrogen-bond acceptors (Lipinski definition) is 5. The van der Waals surface area contributed by atoms with Crippen molar-refractivity contribution in [3.8, 4) is 5.75 Å². The predicted molar refractivity (Wildman–Crippen MR) is 119 cm³/mol. The average Bonchev–Trinajstić information content (AvgIpc) is 2.75. The lowest BCUT2D eigenvalue weighted by Gasteiger charge is -2.19. The third-order valence-electron chi connectivity index (χ3n) is 4.98. The quantitative estimate of drug-likeness (QED) is 0.479. The van der Waals surface area contributed by atoms with Gasteiger partial charge in [-0.3, -0.25) is 4.98 Å². The number of benzene rings is 2. The van der Waals surface area contributed by atoms with E-state index in [0.29, 0.717) is 0 Å². The number of nitrogens with one attached hydrogen (secondary N) is 2. The molecular formula is C23H30N4O. The van der Waals surface area contributed by atoms with E-state index in [2.05, 4.69) is 40.4 Å². The zero-order valence-electron chi connectivity index (χ0n) is 17.0. The van der Waals surface area contributed by atoms with E-state index in [9.17, 15) is 0 Å². The minimum absolute atomic E-state index is 0.801. The van der Waals surface area contributed by atoms with E-state index in [1.165, 1.54) is 0 Å². The SMILES string of the molecule is CCN(CC)CCCNc1cc(OC)c(Nc2ccccc2)c2cccnc12. The summed E-state index contributed by atoms with van der Waals surface area (Å²) in [7, 11) is 1.71. The molecule has 0 saturated heterocycles. The minimum atomic E-state index is 0.801. The molecule has 3 rings (SSSR count). The van der Waals surface area contributed by atoms with Crippen molar-refractivity contribution in [1.82, 2.24) is 9.88 Å². The zero-order valence-corrected chi connectivity index (χ0v) is 17.0. The fraction of sp³-hybridized carbons (Fsp3) is 0.348. The molecule has 28 heavy (non-hydrogen) atoms. The Kier molecular flexibility index (Phi) is 7.09. The maximum absolute atomic E-state index is 5.71. The first-order valence-electron chi connectivity index (χ1n) is 10.0. The lowest BCUT2D eigenvalue weighted by Crippen LogP contribution is -2.25. The largest absolute Gasteiger partial charge is 0.494 e. The van der Waals surface area contributed by atoms with E-state index in [1.54, 1.807) is 7.11 Å². The fourth-order valence-corrected chi connectivity index (χ4v) is 3.38. The van der Waals surface area contributed by atoms with Gasteiger partial charge in [0.2, 0.25) is 0 Å². The van der Waals surface area contributed by atoms with Crippen molar-refractivity contribution in [1.29, 1.82) is 0 Å². The molecule has 0 spiro atoms. The van der Waals surface area contributed by atoms with Crippen LogP contribution in [0.1, 0.15) is 20.3 Å². The molecule has 0 fully saturated rings. The van der Waals surface area contributed by atoms with Gasteiger partial charge in [-0.05, 0) is 50.3 Å². The molecule has 0 aliphatic carbocycles. The van der Waals surface area contributed by atoms with E-state index >= 15 is 0 Å². The van der Waals surface area contributed by atoms with Gasteiger partial charge in [-0.2, -0.15) is 0 Å². The van der Waals surface area contributed by atoms with E-state index in [4.69, 9.17) is 4.74 Å². The first-order chi connectivity index (χ1) is 13.8. The van der Waals surface area contributed by atoms with Crippen molar-refractivity contribution in [2.24, 2.45) is 0 Å². The van der Waals surface area contributed by atoms with Crippen LogP contribution < -0.4 is 15.4 Å². The van der Waals surface area contributed by atoms with Gasteiger partial charge in [-0.15, -0.1) is 0 Å². The summed E-state index contributed by atoms with van der Waals surface area (Å²) in [5.41, 5.74) is 3.91. The monoisotopic (exact) mass is 378 g/mol. The molecule has 3 aromatic rings. The smallest absolute Gasteiger partial charge is 0.145 e. The fourth-order valence-electron chi connectivity index (χ4n) is 3.38. The number of methoxy groups -OCH3 is 1. The summed E-state index contributed by atoms with van der Waals surface area (Å²) in [6.07, 6.45) is 2.92. The molecule has 0 unspecified atom stereocenters. The first kappa shape index (κ1) is 20.0. The molecule has 5 heteroatoms. The highest BCUT2D eigenvalue weighted by Crippen LogP contribution is 2.39. The van der Waals surface area contributed by atoms with Gasteiger partial charge in [0.1, 0.15) is 5.75 Å². The summed E-state index contributed by atoms with van der Waals surface area (Å²) < 4.78 is 5.71. The van der Waals surface area contributed by atoms with Crippen LogP contribution in [-0.2, 0) is 0 Å². The lowest BCUT2D eigenvalue weighted by atomic mass is 10.1. The lowest BCUT2D eigenvalue weighted by molar-refractivity contribution is 0.303. The maximum Gasteiger partial charge on any atom is 0.145 e. The normalized spacial score (nSPS) is 11.0. The van der Waals surface area contributed by atoms with Gasteiger partial charge in [-0.25, -0.2) is 0 Å². The third-order valence-corrected chi connectivity index (χ3v) is 4.98. The van der Waals surface area contributed by atoms with E-state index in [0.717, 1.165) is 66.3 Å². The minimum Gasteiger partial charge on any atom is -0.494 e. The number of anilines is 3. The van der Waals surface area contributed by atoms with Crippen LogP contribution in [0, 0.1) is 0 Å². The Morgan fingerprint density at radius 3 is 2.54 bits per heavy atom. The summed E-state index contributed by atoms with van der Waals surface area (Å²) in [5, 5.41) is 8.09. The Hall–Kier alpha value is -2.79. The maximum atomic E-state index is 5.71. The van der Waals surface area contributed by atoms with Gasteiger partial charge in [0.05, 0.1) is 24.0 Å². The molecule has 5 nitrogen and oxygen atoms in total. The molecule has 1 heterocycles. The molecule has 0 aliphatic rings. The van der Waals surface area contributed by atoms with Gasteiger partial charge in [0, 0.05) is 29.9 Å². The summed E-state index contributed by atoms with van der Waals surface area (Å²) >= 11 is 0. The van der Waals surface area contributed by atoms with Crippen LogP contribution in [0.4, 0.5) is 17.1 Å². The van der Waals surface area contributed by atoms with Crippen molar-refractivity contribution in [3.63, 3.8) is 0 Å². The first-order valence-corrected chi connectivity index (χ1v) is 10.0. The van der Waals surface area contributed by atoms with Crippen LogP contribution in [0.2, 0.25) is 0 Å². The number of fused-ring (bicyclic) bond motifs is 1. The van der Waals surface area contributed by atoms with Crippen LogP contribution >= 0.6 is 0 Å². The van der Waals surface area contributed by atoms with Crippen LogP contribution in [-0.4, -0.2) is 43.2 Å². The molecule has 0 saturated carbocycles. The highest BCUT2D eigenvalue weighted by Gasteiger charge is 2.14. The number of pyridine rings is 1. The van der Waals surface area contributed by atoms with E-state index < -0.39 is 0 Å². The highest BCUT2D eigenvalue weighted by atomic mass is 16.5. The molecule has 2 N–H and O–H groups in total. The molecule has 0 radical (unpaired) electrons. The number of rotatable bonds is 10. The number of para-hydroxylation sites is 1. The van der Waals surface area contributed by atoms with Crippen LogP contribution in [0.25, 0.3) is 10.9 Å². The van der Waals surface area contributed by atoms with Crippen LogP contribution in [0.3, 0.4) is 0 Å². The van der Waals surface area contributed by atoms with Gasteiger partial charge in [-0.1, -0.05) is 32.0 Å². The molecule has 0 aliphatic heterocycles. The molecular weight excluding hydrogens is 348 g/mol. The van der Waals surface area contributed by atoms with Crippen molar-refractivity contribution in [3.05, 3.63) is 54.7 Å². The van der Waals surface area contributed by atoms with Crippen molar-refractivity contribution in [2.75, 3.05) is 43.9 Å². The Morgan fingerprint density at radius 1 is 1.04 bits per heavy atom. The van der Waals surface area contributed by atoms with Crippen LogP contribution in [0.5, 0.6) is 5.75 Å². The van der Waals surface area contributed by atoms with Gasteiger partial charge < -0.3 is 20.3 Å². The number of aromatic nitrogens is 1. The Morgan fingerprint density at radius 2 is 1.82 bits per heavy atom. The molecule has 2 aromatic carbocycles. The molecule has 148 valence electrons. The Labute approximate surface area is 167 Å². The summed E-state index contributed by atoms with van der Waals surface area (Å²) in [4.78, 5) is 7.07. The van der Waals surface area contributed by atoms with Gasteiger partial charge in [0.15, 0.2) is 0 Å². The molecule has 1 aromatic heterocycles. The van der Waals surface area contributed by atoms with E-state index in [1.807, 2.05) is 48.7 Å². The van der Waals surface area contributed by atoms with E-state index in [-0.39, 0.29) is 0 Å². The second-order valence-corrected chi connectivity index (χ2v) is 6.70. The second-order valence-electron chi connectivity index (χ2n) is 6.70. The predicted octanol–water partition coefficient (Wildman–Crippen LogP) is 5.13. The standard InChI is InChI=1S/C23H30N4O/c1-4-27(5-2)16-10-15-24-20-17-21(28-3)23(19-13-9-14-25-22(19)20)26-18-11-7-6-8-12-18/h6-9,11-14,17,24,26H,4-5,10,15-16H2,1-3H3. The number of hydrogen-bond donors (Lipinski definition) is 2. The second kappa shape index (κ2) is 9.95. The topological polar surface area (TPSA) is 49.4 Å². The zero-order chi connectivity index (χ0) is 19.8. The molecule has 0 amide bonds. The third kappa shape index (κ3) is 4.73. The average molecular weight is 379 g/mol. The summed E-state index contributed by atoms with van der Waals surface area (Å²) in [5.74, 6) is 0.801. The van der Waals surface area contributed by atoms with Crippen molar-refractivity contribution in [2.45, 2.75) is 20.3 Å². The van der Waals surface area contributed by atoms with Crippen molar-refractivity contribution < 1.29 is 4.74 Å². The number of ether oxygens (including phenoxy) is 1. The van der Waals surface area contributed by atoms with Crippen molar-refractivity contribution >= 4 is 28.0 Å². The molecule has 0 atom stereocenters. The van der Waals surface area contributed by atoms with Gasteiger partial charge >= 0.3 is 0 Å². The summed E-state index contributed by atoms with van der Waals surface area (Å²) in [6, 6.07) is 16.2. The van der Waals surface area contributed by atoms with Crippen LogP contribution in [0.15, 0.2) is 54.7 Å². The Balaban J connectivity index is 1.85. The van der Waals surface area contributed by atoms with Gasteiger partial charge in [0.25, 0.3) is 0 Å². The number of nitrogens with zero attached hydrogens (tertiary/aromatic N) is 2. The molecule has 0 bridgehead atoms.